The van der Waals surface area contributed by atoms with Gasteiger partial charge in [-0.15, -0.1) is 0 Å². The normalized spacial score (nSPS) is 55.3. The predicted octanol–water partition coefficient (Wildman–Crippen LogP) is 3.36. The van der Waals surface area contributed by atoms with Gasteiger partial charge in [-0.2, -0.15) is 0 Å². The van der Waals surface area contributed by atoms with Gasteiger partial charge in [0.2, 0.25) is 0 Å². The van der Waals surface area contributed by atoms with Crippen molar-refractivity contribution in [2.45, 2.75) is 121 Å². The van der Waals surface area contributed by atoms with E-state index in [1.165, 1.54) is 7.11 Å². The van der Waals surface area contributed by atoms with Gasteiger partial charge >= 0.3 is 5.97 Å². The molecule has 0 bridgehead atoms. The summed E-state index contributed by atoms with van der Waals surface area (Å²) in [5.74, 6) is 1.54. The zero-order chi connectivity index (χ0) is 27.9. The van der Waals surface area contributed by atoms with E-state index in [4.69, 9.17) is 18.9 Å². The quantitative estimate of drug-likeness (QED) is 0.362. The lowest BCUT2D eigenvalue weighted by Crippen LogP contribution is -2.64. The third-order valence-electron chi connectivity index (χ3n) is 12.9. The van der Waals surface area contributed by atoms with E-state index in [0.717, 1.165) is 56.9 Å². The molecule has 0 amide bonds. The number of aliphatic hydroxyl groups is 3. The van der Waals surface area contributed by atoms with Crippen LogP contribution in [0.25, 0.3) is 0 Å². The van der Waals surface area contributed by atoms with Crippen LogP contribution in [0.5, 0.6) is 0 Å². The Labute approximate surface area is 232 Å². The molecule has 4 saturated carbocycles. The van der Waals surface area contributed by atoms with Gasteiger partial charge in [-0.1, -0.05) is 20.8 Å². The van der Waals surface area contributed by atoms with E-state index in [-0.39, 0.29) is 34.7 Å². The fourth-order valence-corrected chi connectivity index (χ4v) is 10.5. The van der Waals surface area contributed by atoms with Crippen LogP contribution in [0, 0.1) is 40.4 Å². The zero-order valence-electron chi connectivity index (χ0n) is 24.2. The van der Waals surface area contributed by atoms with E-state index in [9.17, 15) is 20.1 Å². The molecule has 0 radical (unpaired) electrons. The van der Waals surface area contributed by atoms with Gasteiger partial charge in [0.15, 0.2) is 6.29 Å². The highest BCUT2D eigenvalue weighted by Gasteiger charge is 2.68. The number of hydrogen-bond acceptors (Lipinski definition) is 8. The molecule has 0 spiro atoms. The highest BCUT2D eigenvalue weighted by molar-refractivity contribution is 5.85. The molecule has 5 fully saturated rings. The van der Waals surface area contributed by atoms with Gasteiger partial charge < -0.3 is 34.3 Å². The minimum atomic E-state index is -1.04. The smallest absolute Gasteiger partial charge is 0.331 e. The topological polar surface area (TPSA) is 115 Å². The van der Waals surface area contributed by atoms with E-state index in [2.05, 4.69) is 20.8 Å². The second-order valence-electron chi connectivity index (χ2n) is 14.2. The van der Waals surface area contributed by atoms with Gasteiger partial charge in [-0.05, 0) is 98.9 Å². The third-order valence-corrected chi connectivity index (χ3v) is 12.9. The molecule has 0 aromatic carbocycles. The van der Waals surface area contributed by atoms with Gasteiger partial charge in [0.25, 0.3) is 0 Å². The van der Waals surface area contributed by atoms with Crippen molar-refractivity contribution in [2.24, 2.45) is 40.4 Å². The number of rotatable bonds is 4. The third kappa shape index (κ3) is 4.03. The Bertz CT molecular complexity index is 999. The fourth-order valence-electron chi connectivity index (χ4n) is 10.5. The summed E-state index contributed by atoms with van der Waals surface area (Å²) < 4.78 is 23.0. The predicted molar refractivity (Wildman–Crippen MR) is 142 cm³/mol. The lowest BCUT2D eigenvalue weighted by molar-refractivity contribution is -0.315. The summed E-state index contributed by atoms with van der Waals surface area (Å²) in [5, 5.41) is 33.7. The minimum Gasteiger partial charge on any atom is -0.458 e. The molecule has 6 aliphatic rings. The Morgan fingerprint density at radius 3 is 2.46 bits per heavy atom. The highest BCUT2D eigenvalue weighted by atomic mass is 16.7. The van der Waals surface area contributed by atoms with E-state index in [0.29, 0.717) is 24.4 Å². The first-order chi connectivity index (χ1) is 18.4. The number of carbonyl (C=O) groups excluding carboxylic acids is 1. The first-order valence-electron chi connectivity index (χ1n) is 15.2. The van der Waals surface area contributed by atoms with Crippen molar-refractivity contribution in [2.75, 3.05) is 13.7 Å². The zero-order valence-corrected chi connectivity index (χ0v) is 24.2. The average molecular weight is 549 g/mol. The Morgan fingerprint density at radius 2 is 1.77 bits per heavy atom. The highest BCUT2D eigenvalue weighted by Crippen LogP contribution is 2.70. The fraction of sp³-hybridized carbons (Fsp3) is 0.903. The van der Waals surface area contributed by atoms with Gasteiger partial charge in [-0.3, -0.25) is 0 Å². The van der Waals surface area contributed by atoms with E-state index < -0.39 is 36.3 Å². The van der Waals surface area contributed by atoms with Crippen LogP contribution in [0.15, 0.2) is 11.6 Å². The summed E-state index contributed by atoms with van der Waals surface area (Å²) in [4.78, 5) is 11.8. The molecule has 2 unspecified atom stereocenters. The SMILES string of the molecule is CO[C@@H]1[C@@H](O)[C@@H](O[C@@H]2C[C@H]3CCC4C(CC[C@]5(C)[C@@H](C6=CC(=O)OC6)CC[C@]45O)[C@@]3(C)[C@H](C)C2)O[C@H](C)[C@H]1O. The summed E-state index contributed by atoms with van der Waals surface area (Å²) >= 11 is 0. The first-order valence-corrected chi connectivity index (χ1v) is 15.2. The number of ether oxygens (including phenoxy) is 4. The van der Waals surface area contributed by atoms with E-state index in [1.807, 2.05) is 0 Å². The van der Waals surface area contributed by atoms with Crippen molar-refractivity contribution in [3.63, 3.8) is 0 Å². The van der Waals surface area contributed by atoms with Crippen LogP contribution in [0.2, 0.25) is 0 Å². The molecular weight excluding hydrogens is 500 g/mol. The second-order valence-corrected chi connectivity index (χ2v) is 14.2. The van der Waals surface area contributed by atoms with Crippen LogP contribution in [0.3, 0.4) is 0 Å². The monoisotopic (exact) mass is 548 g/mol. The molecule has 8 heteroatoms. The molecule has 1 saturated heterocycles. The van der Waals surface area contributed by atoms with Crippen LogP contribution < -0.4 is 0 Å². The molecule has 2 heterocycles. The van der Waals surface area contributed by atoms with Gasteiger partial charge in [0.05, 0.1) is 17.8 Å². The number of fused-ring (bicyclic) bond motifs is 5. The van der Waals surface area contributed by atoms with Crippen LogP contribution in [-0.4, -0.2) is 77.4 Å². The molecule has 8 nitrogen and oxygen atoms in total. The summed E-state index contributed by atoms with van der Waals surface area (Å²) in [6, 6.07) is 0. The Balaban J connectivity index is 1.19. The van der Waals surface area contributed by atoms with Crippen LogP contribution >= 0.6 is 0 Å². The molecular formula is C31H48O8. The van der Waals surface area contributed by atoms with Crippen molar-refractivity contribution in [3.8, 4) is 0 Å². The number of esters is 1. The maximum absolute atomic E-state index is 12.5. The van der Waals surface area contributed by atoms with Crippen LogP contribution in [-0.2, 0) is 23.7 Å². The van der Waals surface area contributed by atoms with Gasteiger partial charge in [-0.25, -0.2) is 4.79 Å². The van der Waals surface area contributed by atoms with Crippen molar-refractivity contribution in [1.82, 2.24) is 0 Å². The molecule has 220 valence electrons. The van der Waals surface area contributed by atoms with Crippen LogP contribution in [0.4, 0.5) is 0 Å². The molecule has 14 atom stereocenters. The molecule has 0 aromatic heterocycles. The van der Waals surface area contributed by atoms with Gasteiger partial charge in [0.1, 0.15) is 24.9 Å². The summed E-state index contributed by atoms with van der Waals surface area (Å²) in [6.07, 6.45) is 5.29. The standard InChI is InChI=1S/C31H48O8/c1-16-12-20(39-28-26(34)27(36-5)25(33)17(2)38-28)14-19-6-7-23-22(30(16,19)4)8-10-29(3)21(9-11-31(23,29)35)18-13-24(32)37-15-18/h13,16-17,19-23,25-28,33-35H,6-12,14-15H2,1-5H3/t16-,17-,19-,20+,21-,22?,23?,25-,26-,27+,28-,29-,30+,31+/m1/s1. The van der Waals surface area contributed by atoms with Crippen LogP contribution in [0.1, 0.15) is 79.1 Å². The van der Waals surface area contributed by atoms with E-state index >= 15 is 0 Å². The molecule has 0 aromatic rings. The Morgan fingerprint density at radius 1 is 1.00 bits per heavy atom. The molecule has 39 heavy (non-hydrogen) atoms. The summed E-state index contributed by atoms with van der Waals surface area (Å²) in [7, 11) is 1.49. The lowest BCUT2D eigenvalue weighted by atomic mass is 9.41. The maximum Gasteiger partial charge on any atom is 0.331 e. The largest absolute Gasteiger partial charge is 0.458 e. The number of methoxy groups -OCH3 is 1. The second kappa shape index (κ2) is 9.77. The molecule has 3 N–H and O–H groups in total. The van der Waals surface area contributed by atoms with Crippen molar-refractivity contribution < 1.29 is 39.1 Å². The molecule has 4 aliphatic carbocycles. The van der Waals surface area contributed by atoms with Crippen molar-refractivity contribution >= 4 is 5.97 Å². The molecule has 6 rings (SSSR count). The first kappa shape index (κ1) is 28.1. The molecule has 2 aliphatic heterocycles. The van der Waals surface area contributed by atoms with Crippen molar-refractivity contribution in [3.05, 3.63) is 11.6 Å². The van der Waals surface area contributed by atoms with E-state index in [1.54, 1.807) is 13.0 Å². The number of aliphatic hydroxyl groups excluding tert-OH is 2. The summed E-state index contributed by atoms with van der Waals surface area (Å²) in [6.45, 7) is 9.24. The Hall–Kier alpha value is -1.03. The average Bonchev–Trinajstić information content (AvgIpc) is 3.43. The van der Waals surface area contributed by atoms with Gasteiger partial charge in [0, 0.05) is 18.6 Å². The maximum atomic E-state index is 12.5. The lowest BCUT2D eigenvalue weighted by Gasteiger charge is -2.65. The Kier molecular flexibility index (Phi) is 7.04. The number of cyclic esters (lactones) is 1. The number of hydrogen-bond donors (Lipinski definition) is 3. The minimum absolute atomic E-state index is 0.0335. The number of carbonyl (C=O) groups is 1. The van der Waals surface area contributed by atoms with Crippen molar-refractivity contribution in [1.29, 1.82) is 0 Å². The summed E-state index contributed by atoms with van der Waals surface area (Å²) in [5.41, 5.74) is 0.232.